The van der Waals surface area contributed by atoms with Crippen LogP contribution in [-0.2, 0) is 0 Å². The zero-order valence-electron chi connectivity index (χ0n) is 15.3. The van der Waals surface area contributed by atoms with Gasteiger partial charge in [-0.3, -0.25) is 4.79 Å². The van der Waals surface area contributed by atoms with Crippen LogP contribution in [0.5, 0.6) is 11.5 Å². The highest BCUT2D eigenvalue weighted by Gasteiger charge is 2.09. The first-order valence-electron chi connectivity index (χ1n) is 8.30. The Morgan fingerprint density at radius 3 is 2.41 bits per heavy atom. The molecule has 7 heteroatoms. The summed E-state index contributed by atoms with van der Waals surface area (Å²) in [6.07, 6.45) is 0. The second-order valence-electron chi connectivity index (χ2n) is 5.82. The van der Waals surface area contributed by atoms with Gasteiger partial charge in [-0.2, -0.15) is 0 Å². The molecule has 1 aromatic heterocycles. The van der Waals surface area contributed by atoms with Crippen molar-refractivity contribution in [2.75, 3.05) is 24.9 Å². The summed E-state index contributed by atoms with van der Waals surface area (Å²) in [4.78, 5) is 12.3. The number of aromatic nitrogens is 2. The van der Waals surface area contributed by atoms with Gasteiger partial charge < -0.3 is 20.1 Å². The lowest BCUT2D eigenvalue weighted by molar-refractivity contribution is 0.102. The highest BCUT2D eigenvalue weighted by molar-refractivity contribution is 6.04. The molecule has 0 bridgehead atoms. The van der Waals surface area contributed by atoms with E-state index in [1.807, 2.05) is 25.1 Å². The van der Waals surface area contributed by atoms with E-state index in [4.69, 9.17) is 9.47 Å². The number of ether oxygens (including phenoxy) is 2. The van der Waals surface area contributed by atoms with Crippen LogP contribution in [0.1, 0.15) is 15.9 Å². The number of carbonyl (C=O) groups excluding carboxylic acids is 1. The zero-order chi connectivity index (χ0) is 19.2. The van der Waals surface area contributed by atoms with Crippen molar-refractivity contribution in [2.45, 2.75) is 6.92 Å². The number of nitrogens with one attached hydrogen (secondary N) is 2. The van der Waals surface area contributed by atoms with E-state index < -0.39 is 0 Å². The van der Waals surface area contributed by atoms with Crippen molar-refractivity contribution < 1.29 is 14.3 Å². The summed E-state index contributed by atoms with van der Waals surface area (Å²) in [6.45, 7) is 1.99. The highest BCUT2D eigenvalue weighted by Crippen LogP contribution is 2.27. The van der Waals surface area contributed by atoms with Gasteiger partial charge in [0.2, 0.25) is 0 Å². The van der Waals surface area contributed by atoms with E-state index in [1.54, 1.807) is 50.6 Å². The Labute approximate surface area is 157 Å². The van der Waals surface area contributed by atoms with Gasteiger partial charge in [0.25, 0.3) is 5.91 Å². The normalized spacial score (nSPS) is 10.2. The number of nitrogens with zero attached hydrogens (tertiary/aromatic N) is 2. The Kier molecular flexibility index (Phi) is 5.51. The quantitative estimate of drug-likeness (QED) is 0.692. The minimum absolute atomic E-state index is 0.288. The van der Waals surface area contributed by atoms with Crippen molar-refractivity contribution in [3.05, 3.63) is 65.7 Å². The number of benzene rings is 2. The van der Waals surface area contributed by atoms with Crippen molar-refractivity contribution in [2.24, 2.45) is 0 Å². The summed E-state index contributed by atoms with van der Waals surface area (Å²) in [7, 11) is 3.16. The topological polar surface area (TPSA) is 85.4 Å². The molecule has 0 spiro atoms. The standard InChI is InChI=1S/C20H20N4O3/c1-13-7-8-17(27-3)16(11-13)21-18-9-10-19(24-23-18)22-20(25)14-5-4-6-15(12-14)26-2/h4-12H,1-3H3,(H,21,23)(H,22,24,25). The number of anilines is 3. The van der Waals surface area contributed by atoms with Crippen molar-refractivity contribution in [3.63, 3.8) is 0 Å². The molecular formula is C20H20N4O3. The molecule has 27 heavy (non-hydrogen) atoms. The smallest absolute Gasteiger partial charge is 0.256 e. The summed E-state index contributed by atoms with van der Waals surface area (Å²) in [5, 5.41) is 14.0. The average Bonchev–Trinajstić information content (AvgIpc) is 2.69. The van der Waals surface area contributed by atoms with E-state index in [9.17, 15) is 4.79 Å². The van der Waals surface area contributed by atoms with Gasteiger partial charge in [0.15, 0.2) is 11.6 Å². The molecule has 7 nitrogen and oxygen atoms in total. The van der Waals surface area contributed by atoms with Gasteiger partial charge in [0.05, 0.1) is 19.9 Å². The van der Waals surface area contributed by atoms with Crippen LogP contribution in [0, 0.1) is 6.92 Å². The minimum Gasteiger partial charge on any atom is -0.497 e. The molecular weight excluding hydrogens is 344 g/mol. The van der Waals surface area contributed by atoms with Crippen LogP contribution in [0.2, 0.25) is 0 Å². The Morgan fingerprint density at radius 2 is 1.70 bits per heavy atom. The first-order valence-corrected chi connectivity index (χ1v) is 8.30. The molecule has 0 aliphatic rings. The molecule has 0 saturated heterocycles. The Hall–Kier alpha value is -3.61. The van der Waals surface area contributed by atoms with Gasteiger partial charge in [-0.15, -0.1) is 10.2 Å². The molecule has 3 aromatic rings. The van der Waals surface area contributed by atoms with Crippen LogP contribution in [0.25, 0.3) is 0 Å². The third-order valence-corrected chi connectivity index (χ3v) is 3.86. The number of methoxy groups -OCH3 is 2. The molecule has 0 aliphatic heterocycles. The summed E-state index contributed by atoms with van der Waals surface area (Å²) < 4.78 is 10.5. The lowest BCUT2D eigenvalue weighted by Crippen LogP contribution is -2.13. The maximum atomic E-state index is 12.3. The first-order chi connectivity index (χ1) is 13.1. The third kappa shape index (κ3) is 4.52. The molecule has 1 amide bonds. The van der Waals surface area contributed by atoms with Gasteiger partial charge in [-0.05, 0) is 55.0 Å². The molecule has 2 aromatic carbocycles. The fourth-order valence-electron chi connectivity index (χ4n) is 2.48. The van der Waals surface area contributed by atoms with E-state index in [2.05, 4.69) is 20.8 Å². The van der Waals surface area contributed by atoms with Crippen LogP contribution in [0.3, 0.4) is 0 Å². The fourth-order valence-corrected chi connectivity index (χ4v) is 2.48. The second kappa shape index (κ2) is 8.18. The molecule has 0 saturated carbocycles. The summed E-state index contributed by atoms with van der Waals surface area (Å²) in [6, 6.07) is 16.1. The van der Waals surface area contributed by atoms with Crippen molar-refractivity contribution in [1.82, 2.24) is 10.2 Å². The number of hydrogen-bond donors (Lipinski definition) is 2. The van der Waals surface area contributed by atoms with Crippen molar-refractivity contribution in [3.8, 4) is 11.5 Å². The molecule has 0 fully saturated rings. The minimum atomic E-state index is -0.288. The lowest BCUT2D eigenvalue weighted by Gasteiger charge is -2.11. The molecule has 138 valence electrons. The van der Waals surface area contributed by atoms with Gasteiger partial charge in [0.1, 0.15) is 11.5 Å². The summed E-state index contributed by atoms with van der Waals surface area (Å²) >= 11 is 0. The predicted octanol–water partition coefficient (Wildman–Crippen LogP) is 3.80. The van der Waals surface area contributed by atoms with Crippen LogP contribution in [0.15, 0.2) is 54.6 Å². The van der Waals surface area contributed by atoms with Crippen LogP contribution >= 0.6 is 0 Å². The van der Waals surface area contributed by atoms with Crippen molar-refractivity contribution >= 4 is 23.2 Å². The predicted molar refractivity (Wildman–Crippen MR) is 104 cm³/mol. The van der Waals surface area contributed by atoms with Crippen molar-refractivity contribution in [1.29, 1.82) is 0 Å². The molecule has 3 rings (SSSR count). The maximum absolute atomic E-state index is 12.3. The van der Waals surface area contributed by atoms with Crippen LogP contribution in [0.4, 0.5) is 17.3 Å². The highest BCUT2D eigenvalue weighted by atomic mass is 16.5. The number of carbonyl (C=O) groups is 1. The second-order valence-corrected chi connectivity index (χ2v) is 5.82. The number of amides is 1. The average molecular weight is 364 g/mol. The van der Waals surface area contributed by atoms with E-state index in [1.165, 1.54) is 0 Å². The van der Waals surface area contributed by atoms with Gasteiger partial charge in [0, 0.05) is 5.56 Å². The van der Waals surface area contributed by atoms with Crippen LogP contribution in [-0.4, -0.2) is 30.3 Å². The van der Waals surface area contributed by atoms with Crippen LogP contribution < -0.4 is 20.1 Å². The monoisotopic (exact) mass is 364 g/mol. The largest absolute Gasteiger partial charge is 0.497 e. The number of hydrogen-bond acceptors (Lipinski definition) is 6. The van der Waals surface area contributed by atoms with Gasteiger partial charge in [-0.1, -0.05) is 12.1 Å². The third-order valence-electron chi connectivity index (χ3n) is 3.86. The van der Waals surface area contributed by atoms with E-state index in [-0.39, 0.29) is 5.91 Å². The van der Waals surface area contributed by atoms with E-state index >= 15 is 0 Å². The number of rotatable bonds is 6. The fraction of sp³-hybridized carbons (Fsp3) is 0.150. The Morgan fingerprint density at radius 1 is 0.926 bits per heavy atom. The zero-order valence-corrected chi connectivity index (χ0v) is 15.3. The Bertz CT molecular complexity index is 942. The van der Waals surface area contributed by atoms with Gasteiger partial charge in [-0.25, -0.2) is 0 Å². The lowest BCUT2D eigenvalue weighted by atomic mass is 10.2. The molecule has 0 radical (unpaired) electrons. The number of aryl methyl sites for hydroxylation is 1. The SMILES string of the molecule is COc1cccc(C(=O)Nc2ccc(Nc3cc(C)ccc3OC)nn2)c1. The molecule has 0 unspecified atom stereocenters. The Balaban J connectivity index is 1.70. The first kappa shape index (κ1) is 18.2. The molecule has 2 N–H and O–H groups in total. The summed E-state index contributed by atoms with van der Waals surface area (Å²) in [5.41, 5.74) is 2.36. The maximum Gasteiger partial charge on any atom is 0.256 e. The van der Waals surface area contributed by atoms with E-state index in [0.29, 0.717) is 28.7 Å². The summed E-state index contributed by atoms with van der Waals surface area (Å²) in [5.74, 6) is 1.92. The van der Waals surface area contributed by atoms with Gasteiger partial charge >= 0.3 is 0 Å². The molecule has 0 aliphatic carbocycles. The molecule has 0 atom stereocenters. The molecule has 1 heterocycles. The van der Waals surface area contributed by atoms with E-state index in [0.717, 1.165) is 11.3 Å².